The summed E-state index contributed by atoms with van der Waals surface area (Å²) in [6.07, 6.45) is 2.04. The fourth-order valence-electron chi connectivity index (χ4n) is 3.19. The molecule has 22 heavy (non-hydrogen) atoms. The lowest BCUT2D eigenvalue weighted by molar-refractivity contribution is -0.129. The molecule has 116 valence electrons. The van der Waals surface area contributed by atoms with E-state index >= 15 is 0 Å². The van der Waals surface area contributed by atoms with Gasteiger partial charge in [0.1, 0.15) is 5.82 Å². The molecule has 4 nitrogen and oxygen atoms in total. The van der Waals surface area contributed by atoms with E-state index in [0.29, 0.717) is 0 Å². The van der Waals surface area contributed by atoms with Gasteiger partial charge < -0.3 is 9.47 Å². The molecule has 1 saturated heterocycles. The van der Waals surface area contributed by atoms with Crippen LogP contribution >= 0.6 is 15.9 Å². The number of hydrogen-bond acceptors (Lipinski definition) is 2. The van der Waals surface area contributed by atoms with Crippen molar-refractivity contribution in [1.82, 2.24) is 14.5 Å². The second-order valence-corrected chi connectivity index (χ2v) is 6.76. The SMILES string of the molecule is CC(=O)N1CCCC1c1nc(-c2ccc(Br)cc2)c(C)n1C. The summed E-state index contributed by atoms with van der Waals surface area (Å²) in [5, 5.41) is 0. The van der Waals surface area contributed by atoms with Crippen LogP contribution in [0.2, 0.25) is 0 Å². The van der Waals surface area contributed by atoms with E-state index < -0.39 is 0 Å². The second-order valence-electron chi connectivity index (χ2n) is 5.84. The maximum Gasteiger partial charge on any atom is 0.220 e. The molecule has 2 heterocycles. The number of hydrogen-bond donors (Lipinski definition) is 0. The summed E-state index contributed by atoms with van der Waals surface area (Å²) in [6, 6.07) is 8.30. The van der Waals surface area contributed by atoms with E-state index in [1.165, 1.54) is 0 Å². The minimum Gasteiger partial charge on any atom is -0.333 e. The fraction of sp³-hybridized carbons (Fsp3) is 0.412. The molecule has 0 N–H and O–H groups in total. The lowest BCUT2D eigenvalue weighted by Gasteiger charge is -2.22. The Bertz CT molecular complexity index is 705. The fourth-order valence-corrected chi connectivity index (χ4v) is 3.46. The van der Waals surface area contributed by atoms with Gasteiger partial charge in [0, 0.05) is 36.2 Å². The highest BCUT2D eigenvalue weighted by atomic mass is 79.9. The third-order valence-electron chi connectivity index (χ3n) is 4.49. The van der Waals surface area contributed by atoms with Crippen molar-refractivity contribution in [2.24, 2.45) is 7.05 Å². The van der Waals surface area contributed by atoms with Crippen LogP contribution < -0.4 is 0 Å². The minimum absolute atomic E-state index is 0.102. The maximum atomic E-state index is 11.8. The molecule has 0 aliphatic carbocycles. The number of halogens is 1. The predicted molar refractivity (Wildman–Crippen MR) is 90.4 cm³/mol. The molecule has 1 amide bonds. The van der Waals surface area contributed by atoms with Gasteiger partial charge in [-0.3, -0.25) is 4.79 Å². The van der Waals surface area contributed by atoms with Gasteiger partial charge in [0.05, 0.1) is 11.7 Å². The zero-order valence-electron chi connectivity index (χ0n) is 13.1. The molecular weight excluding hydrogens is 342 g/mol. The molecule has 1 unspecified atom stereocenters. The summed E-state index contributed by atoms with van der Waals surface area (Å²) in [4.78, 5) is 18.6. The van der Waals surface area contributed by atoms with Crippen LogP contribution in [-0.4, -0.2) is 26.9 Å². The highest BCUT2D eigenvalue weighted by molar-refractivity contribution is 9.10. The van der Waals surface area contributed by atoms with Crippen LogP contribution in [0.3, 0.4) is 0 Å². The second kappa shape index (κ2) is 5.88. The van der Waals surface area contributed by atoms with Crippen LogP contribution in [0.5, 0.6) is 0 Å². The van der Waals surface area contributed by atoms with Crippen LogP contribution in [0.25, 0.3) is 11.3 Å². The van der Waals surface area contributed by atoms with Crippen molar-refractivity contribution in [2.45, 2.75) is 32.7 Å². The molecule has 1 aliphatic heterocycles. The van der Waals surface area contributed by atoms with Crippen molar-refractivity contribution in [3.8, 4) is 11.3 Å². The maximum absolute atomic E-state index is 11.8. The van der Waals surface area contributed by atoms with Crippen molar-refractivity contribution < 1.29 is 4.79 Å². The molecule has 0 spiro atoms. The van der Waals surface area contributed by atoms with Gasteiger partial charge in [-0.25, -0.2) is 4.98 Å². The van der Waals surface area contributed by atoms with Gasteiger partial charge in [-0.15, -0.1) is 0 Å². The van der Waals surface area contributed by atoms with Gasteiger partial charge in [-0.05, 0) is 31.9 Å². The average molecular weight is 362 g/mol. The van der Waals surface area contributed by atoms with Crippen LogP contribution in [0, 0.1) is 6.92 Å². The van der Waals surface area contributed by atoms with E-state index in [1.54, 1.807) is 6.92 Å². The van der Waals surface area contributed by atoms with Crippen LogP contribution in [0.15, 0.2) is 28.7 Å². The Morgan fingerprint density at radius 3 is 2.64 bits per heavy atom. The van der Waals surface area contributed by atoms with Crippen LogP contribution in [0.4, 0.5) is 0 Å². The molecule has 2 aromatic rings. The Balaban J connectivity index is 2.02. The molecule has 1 atom stereocenters. The van der Waals surface area contributed by atoms with Crippen molar-refractivity contribution in [3.05, 3.63) is 40.3 Å². The summed E-state index contributed by atoms with van der Waals surface area (Å²) in [5.41, 5.74) is 3.24. The number of nitrogens with zero attached hydrogens (tertiary/aromatic N) is 3. The third kappa shape index (κ3) is 2.58. The monoisotopic (exact) mass is 361 g/mol. The first-order valence-electron chi connectivity index (χ1n) is 7.55. The zero-order chi connectivity index (χ0) is 15.9. The average Bonchev–Trinajstić information content (AvgIpc) is 3.07. The number of likely N-dealkylation sites (tertiary alicyclic amines) is 1. The van der Waals surface area contributed by atoms with Crippen molar-refractivity contribution in [2.75, 3.05) is 6.54 Å². The van der Waals surface area contributed by atoms with Gasteiger partial charge >= 0.3 is 0 Å². The summed E-state index contributed by atoms with van der Waals surface area (Å²) in [6.45, 7) is 4.56. The van der Waals surface area contributed by atoms with Gasteiger partial charge in [0.25, 0.3) is 0 Å². The number of rotatable bonds is 2. The van der Waals surface area contributed by atoms with Crippen molar-refractivity contribution in [1.29, 1.82) is 0 Å². The molecule has 3 rings (SSSR count). The Hall–Kier alpha value is -1.62. The Morgan fingerprint density at radius 2 is 2.00 bits per heavy atom. The Morgan fingerprint density at radius 1 is 1.32 bits per heavy atom. The molecule has 1 fully saturated rings. The summed E-state index contributed by atoms with van der Waals surface area (Å²) in [5.74, 6) is 1.12. The number of aromatic nitrogens is 2. The first-order valence-corrected chi connectivity index (χ1v) is 8.34. The van der Waals surface area contributed by atoms with Crippen LogP contribution in [0.1, 0.15) is 37.3 Å². The number of amides is 1. The quantitative estimate of drug-likeness (QED) is 0.814. The standard InChI is InChI=1S/C17H20BrN3O/c1-11-16(13-6-8-14(18)9-7-13)19-17(20(11)3)15-5-4-10-21(15)12(2)22/h6-9,15H,4-5,10H2,1-3H3. The molecule has 1 aromatic heterocycles. The summed E-state index contributed by atoms with van der Waals surface area (Å²) >= 11 is 3.46. The summed E-state index contributed by atoms with van der Waals surface area (Å²) < 4.78 is 3.19. The zero-order valence-corrected chi connectivity index (χ0v) is 14.7. The van der Waals surface area contributed by atoms with E-state index in [-0.39, 0.29) is 11.9 Å². The normalized spacial score (nSPS) is 18.0. The molecule has 1 aliphatic rings. The van der Waals surface area contributed by atoms with Crippen molar-refractivity contribution in [3.63, 3.8) is 0 Å². The highest BCUT2D eigenvalue weighted by Gasteiger charge is 2.32. The summed E-state index contributed by atoms with van der Waals surface area (Å²) in [7, 11) is 2.04. The predicted octanol–water partition coefficient (Wildman–Crippen LogP) is 3.84. The first kappa shape index (κ1) is 15.3. The molecule has 0 bridgehead atoms. The van der Waals surface area contributed by atoms with Gasteiger partial charge in [-0.2, -0.15) is 0 Å². The smallest absolute Gasteiger partial charge is 0.220 e. The van der Waals surface area contributed by atoms with E-state index in [1.807, 2.05) is 24.1 Å². The molecule has 0 saturated carbocycles. The third-order valence-corrected chi connectivity index (χ3v) is 5.02. The molecule has 1 aromatic carbocycles. The van der Waals surface area contributed by atoms with E-state index in [2.05, 4.69) is 39.6 Å². The lowest BCUT2D eigenvalue weighted by atomic mass is 10.1. The van der Waals surface area contributed by atoms with Crippen LogP contribution in [-0.2, 0) is 11.8 Å². The number of benzene rings is 1. The lowest BCUT2D eigenvalue weighted by Crippen LogP contribution is -2.29. The molecule has 5 heteroatoms. The van der Waals surface area contributed by atoms with Gasteiger partial charge in [-0.1, -0.05) is 28.1 Å². The Kier molecular flexibility index (Phi) is 4.08. The van der Waals surface area contributed by atoms with E-state index in [0.717, 1.165) is 46.6 Å². The number of carbonyl (C=O) groups is 1. The minimum atomic E-state index is 0.102. The van der Waals surface area contributed by atoms with E-state index in [9.17, 15) is 4.79 Å². The highest BCUT2D eigenvalue weighted by Crippen LogP contribution is 2.34. The number of imidazole rings is 1. The topological polar surface area (TPSA) is 38.1 Å². The van der Waals surface area contributed by atoms with Gasteiger partial charge in [0.15, 0.2) is 0 Å². The molecular formula is C17H20BrN3O. The van der Waals surface area contributed by atoms with Crippen molar-refractivity contribution >= 4 is 21.8 Å². The largest absolute Gasteiger partial charge is 0.333 e. The van der Waals surface area contributed by atoms with E-state index in [4.69, 9.17) is 4.98 Å². The molecule has 0 radical (unpaired) electrons. The van der Waals surface area contributed by atoms with Gasteiger partial charge in [0.2, 0.25) is 5.91 Å². The first-order chi connectivity index (χ1) is 10.5. The Labute approximate surface area is 139 Å². The number of carbonyl (C=O) groups excluding carboxylic acids is 1.